The van der Waals surface area contributed by atoms with Crippen molar-refractivity contribution in [2.45, 2.75) is 45.6 Å². The van der Waals surface area contributed by atoms with Crippen molar-refractivity contribution in [3.63, 3.8) is 0 Å². The number of aliphatic hydroxyl groups is 1. The van der Waals surface area contributed by atoms with E-state index in [-0.39, 0.29) is 11.2 Å². The first-order valence-electron chi connectivity index (χ1n) is 5.57. The molecule has 0 aromatic rings. The zero-order valence-corrected chi connectivity index (χ0v) is 10.5. The lowest BCUT2D eigenvalue weighted by Gasteiger charge is -2.45. The Labute approximate surface area is 92.8 Å². The highest BCUT2D eigenvalue weighted by molar-refractivity contribution is 7.72. The average Bonchev–Trinajstić information content (AvgIpc) is 2.33. The van der Waals surface area contributed by atoms with Gasteiger partial charge in [0, 0.05) is 5.41 Å². The third-order valence-electron chi connectivity index (χ3n) is 5.25. The molecule has 2 bridgehead atoms. The zero-order valence-electron chi connectivity index (χ0n) is 9.62. The summed E-state index contributed by atoms with van der Waals surface area (Å²) in [7, 11) is -2.42. The maximum absolute atomic E-state index is 11.0. The van der Waals surface area contributed by atoms with Crippen molar-refractivity contribution in [3.05, 3.63) is 0 Å². The molecule has 2 saturated carbocycles. The molecule has 2 aliphatic rings. The number of rotatable bonds is 2. The van der Waals surface area contributed by atoms with Crippen LogP contribution in [0.5, 0.6) is 0 Å². The average molecular weight is 232 g/mol. The maximum Gasteiger partial charge on any atom is 0.140 e. The van der Waals surface area contributed by atoms with E-state index in [2.05, 4.69) is 13.8 Å². The zero-order chi connectivity index (χ0) is 11.5. The largest absolute Gasteiger partial charge is 0.390 e. The van der Waals surface area contributed by atoms with Gasteiger partial charge in [-0.2, -0.15) is 0 Å². The van der Waals surface area contributed by atoms with Crippen molar-refractivity contribution >= 4 is 10.7 Å². The van der Waals surface area contributed by atoms with Crippen molar-refractivity contribution in [1.29, 1.82) is 0 Å². The van der Waals surface area contributed by atoms with Crippen LogP contribution in [0.1, 0.15) is 40.0 Å². The number of fused-ring (bicyclic) bond motifs is 2. The summed E-state index contributed by atoms with van der Waals surface area (Å²) in [5.74, 6) is 0.612. The van der Waals surface area contributed by atoms with E-state index >= 15 is 0 Å². The van der Waals surface area contributed by atoms with E-state index in [1.54, 1.807) is 0 Å². The second-order valence-corrected chi connectivity index (χ2v) is 6.99. The molecule has 0 spiro atoms. The predicted molar refractivity (Wildman–Crippen MR) is 59.4 cm³/mol. The summed E-state index contributed by atoms with van der Waals surface area (Å²) >= 11 is 0. The van der Waals surface area contributed by atoms with Crippen LogP contribution in [0.2, 0.25) is 0 Å². The summed E-state index contributed by atoms with van der Waals surface area (Å²) in [4.78, 5) is 0. The molecule has 15 heavy (non-hydrogen) atoms. The van der Waals surface area contributed by atoms with Crippen LogP contribution >= 0.6 is 0 Å². The molecule has 2 aliphatic carbocycles. The molecule has 4 heteroatoms. The van der Waals surface area contributed by atoms with Gasteiger partial charge < -0.3 is 5.11 Å². The lowest BCUT2D eigenvalue weighted by atomic mass is 9.65. The highest BCUT2D eigenvalue weighted by Gasteiger charge is 2.69. The third kappa shape index (κ3) is 1.24. The van der Waals surface area contributed by atoms with E-state index in [1.165, 1.54) is 0 Å². The summed E-state index contributed by atoms with van der Waals surface area (Å²) in [6.45, 7) is 6.04. The van der Waals surface area contributed by atoms with Crippen LogP contribution in [0.3, 0.4) is 0 Å². The van der Waals surface area contributed by atoms with Gasteiger partial charge in [0.05, 0.1) is 11.4 Å². The van der Waals surface area contributed by atoms with Gasteiger partial charge in [0.15, 0.2) is 0 Å². The highest BCUT2D eigenvalue weighted by atomic mass is 32.2. The first-order valence-corrected chi connectivity index (χ1v) is 6.93. The van der Waals surface area contributed by atoms with Gasteiger partial charge in [-0.05, 0) is 37.5 Å². The summed E-state index contributed by atoms with van der Waals surface area (Å²) in [6, 6.07) is 0. The second-order valence-electron chi connectivity index (χ2n) is 6.01. The lowest BCUT2D eigenvalue weighted by Crippen LogP contribution is -2.50. The fraction of sp³-hybridized carbons (Fsp3) is 1.00. The molecule has 0 heterocycles. The third-order valence-corrected chi connectivity index (χ3v) is 6.05. The fourth-order valence-electron chi connectivity index (χ4n) is 4.16. The molecule has 3 atom stereocenters. The van der Waals surface area contributed by atoms with E-state index < -0.39 is 21.7 Å². The first kappa shape index (κ1) is 11.4. The Morgan fingerprint density at radius 1 is 1.33 bits per heavy atom. The number of thiol groups is 1. The van der Waals surface area contributed by atoms with Gasteiger partial charge in [-0.15, -0.1) is 0 Å². The number of hydrogen-bond donors (Lipinski definition) is 2. The molecular weight excluding hydrogens is 212 g/mol. The Morgan fingerprint density at radius 2 is 1.93 bits per heavy atom. The summed E-state index contributed by atoms with van der Waals surface area (Å²) < 4.78 is 22.1. The highest BCUT2D eigenvalue weighted by Crippen LogP contribution is 2.69. The molecule has 88 valence electrons. The van der Waals surface area contributed by atoms with E-state index in [0.29, 0.717) is 5.92 Å². The van der Waals surface area contributed by atoms with Gasteiger partial charge in [0.25, 0.3) is 0 Å². The van der Waals surface area contributed by atoms with Crippen molar-refractivity contribution < 1.29 is 13.5 Å². The normalized spacial score (nSPS) is 47.7. The quantitative estimate of drug-likeness (QED) is 0.703. The van der Waals surface area contributed by atoms with Crippen molar-refractivity contribution in [2.75, 3.05) is 5.75 Å². The first-order chi connectivity index (χ1) is 6.73. The maximum atomic E-state index is 11.0. The van der Waals surface area contributed by atoms with Gasteiger partial charge >= 0.3 is 0 Å². The van der Waals surface area contributed by atoms with E-state index in [9.17, 15) is 13.5 Å². The second kappa shape index (κ2) is 2.98. The molecule has 0 saturated heterocycles. The van der Waals surface area contributed by atoms with E-state index in [0.717, 1.165) is 19.3 Å². The van der Waals surface area contributed by atoms with Gasteiger partial charge in [-0.1, -0.05) is 13.8 Å². The van der Waals surface area contributed by atoms with Crippen molar-refractivity contribution in [3.8, 4) is 0 Å². The van der Waals surface area contributed by atoms with Crippen molar-refractivity contribution in [2.24, 2.45) is 16.7 Å². The predicted octanol–water partition coefficient (Wildman–Crippen LogP) is 1.18. The minimum Gasteiger partial charge on any atom is -0.390 e. The van der Waals surface area contributed by atoms with E-state index in [4.69, 9.17) is 0 Å². The van der Waals surface area contributed by atoms with Crippen LogP contribution in [0.25, 0.3) is 0 Å². The Bertz CT molecular complexity index is 349. The van der Waals surface area contributed by atoms with Gasteiger partial charge in [0.1, 0.15) is 10.7 Å². The minimum atomic E-state index is -2.42. The molecule has 1 N–H and O–H groups in total. The summed E-state index contributed by atoms with van der Waals surface area (Å²) in [5.41, 5.74) is -1.28. The topological polar surface area (TPSA) is 54.4 Å². The molecule has 3 nitrogen and oxygen atoms in total. The SMILES string of the molecule is CC1(O)CC2CCC1(C[SH](=O)=O)C2(C)C. The Hall–Kier alpha value is -0.0900. The van der Waals surface area contributed by atoms with Crippen LogP contribution in [0, 0.1) is 16.7 Å². The van der Waals surface area contributed by atoms with Crippen LogP contribution < -0.4 is 0 Å². The van der Waals surface area contributed by atoms with Crippen LogP contribution in [0.15, 0.2) is 0 Å². The molecular formula is C11H20O3S. The molecule has 3 unspecified atom stereocenters. The van der Waals surface area contributed by atoms with Crippen molar-refractivity contribution in [1.82, 2.24) is 0 Å². The number of hydrogen-bond acceptors (Lipinski definition) is 3. The van der Waals surface area contributed by atoms with Gasteiger partial charge in [0.2, 0.25) is 0 Å². The Balaban J connectivity index is 2.48. The van der Waals surface area contributed by atoms with Crippen LogP contribution in [-0.2, 0) is 10.7 Å². The van der Waals surface area contributed by atoms with Gasteiger partial charge in [-0.25, -0.2) is 8.42 Å². The monoisotopic (exact) mass is 232 g/mol. The molecule has 0 amide bonds. The molecule has 0 radical (unpaired) electrons. The van der Waals surface area contributed by atoms with E-state index in [1.807, 2.05) is 6.92 Å². The summed E-state index contributed by atoms with van der Waals surface area (Å²) in [5, 5.41) is 10.5. The molecule has 2 rings (SSSR count). The smallest absolute Gasteiger partial charge is 0.140 e. The van der Waals surface area contributed by atoms with Crippen LogP contribution in [-0.4, -0.2) is 24.9 Å². The lowest BCUT2D eigenvalue weighted by molar-refractivity contribution is -0.0718. The molecule has 0 aromatic carbocycles. The fourth-order valence-corrected chi connectivity index (χ4v) is 5.51. The standard InChI is InChI=1S/C11H20O3S/c1-9(2)8-4-5-11(9,7-15(13)14)10(3,12)6-8/h8,12,15H,4-7H2,1-3H3. The van der Waals surface area contributed by atoms with Gasteiger partial charge in [-0.3, -0.25) is 0 Å². The molecule has 0 aliphatic heterocycles. The molecule has 2 fully saturated rings. The Morgan fingerprint density at radius 3 is 2.27 bits per heavy atom. The summed E-state index contributed by atoms with van der Waals surface area (Å²) in [6.07, 6.45) is 2.66. The Kier molecular flexibility index (Phi) is 2.26. The minimum absolute atomic E-state index is 0.0497. The van der Waals surface area contributed by atoms with Crippen LogP contribution in [0.4, 0.5) is 0 Å². The molecule has 0 aromatic heterocycles.